The van der Waals surface area contributed by atoms with Crippen molar-refractivity contribution in [2.45, 2.75) is 11.8 Å². The van der Waals surface area contributed by atoms with Crippen LogP contribution in [0.5, 0.6) is 5.75 Å². The standard InChI is InChI=1S/C15H18N4O3S/c1-4-9-16-14-7-8-15(18-17-14)19-23(20,21)12-5-6-13(22-3)11(2)10-12/h4-8,10H,1,9H2,2-3H3,(H,16,17)(H,18,19). The van der Waals surface area contributed by atoms with E-state index in [2.05, 4.69) is 26.8 Å². The molecule has 0 aliphatic rings. The molecule has 23 heavy (non-hydrogen) atoms. The van der Waals surface area contributed by atoms with Crippen LogP contribution in [0.4, 0.5) is 11.6 Å². The minimum atomic E-state index is -3.74. The Morgan fingerprint density at radius 3 is 2.48 bits per heavy atom. The van der Waals surface area contributed by atoms with Crippen molar-refractivity contribution in [3.05, 3.63) is 48.6 Å². The molecule has 1 heterocycles. The molecule has 7 nitrogen and oxygen atoms in total. The summed E-state index contributed by atoms with van der Waals surface area (Å²) < 4.78 is 32.2. The minimum absolute atomic E-state index is 0.131. The van der Waals surface area contributed by atoms with Gasteiger partial charge in [-0.2, -0.15) is 0 Å². The number of hydrogen-bond donors (Lipinski definition) is 2. The zero-order valence-electron chi connectivity index (χ0n) is 12.9. The van der Waals surface area contributed by atoms with Gasteiger partial charge < -0.3 is 10.1 Å². The molecule has 0 amide bonds. The molecule has 0 saturated carbocycles. The molecular formula is C15H18N4O3S. The Balaban J connectivity index is 2.17. The van der Waals surface area contributed by atoms with E-state index in [1.54, 1.807) is 25.1 Å². The number of nitrogens with zero attached hydrogens (tertiary/aromatic N) is 2. The first-order valence-electron chi connectivity index (χ1n) is 6.82. The van der Waals surface area contributed by atoms with E-state index in [0.717, 1.165) is 5.56 Å². The lowest BCUT2D eigenvalue weighted by Gasteiger charge is -2.10. The number of aromatic nitrogens is 2. The highest BCUT2D eigenvalue weighted by Crippen LogP contribution is 2.22. The average Bonchev–Trinajstić information content (AvgIpc) is 2.54. The van der Waals surface area contributed by atoms with Crippen molar-refractivity contribution in [3.63, 3.8) is 0 Å². The molecule has 2 rings (SSSR count). The predicted octanol–water partition coefficient (Wildman–Crippen LogP) is 2.19. The fourth-order valence-corrected chi connectivity index (χ4v) is 2.95. The fourth-order valence-electron chi connectivity index (χ4n) is 1.87. The van der Waals surface area contributed by atoms with Crippen molar-refractivity contribution < 1.29 is 13.2 Å². The lowest BCUT2D eigenvalue weighted by atomic mass is 10.2. The molecule has 2 aromatic rings. The first-order valence-corrected chi connectivity index (χ1v) is 8.30. The molecule has 0 unspecified atom stereocenters. The highest BCUT2D eigenvalue weighted by molar-refractivity contribution is 7.92. The summed E-state index contributed by atoms with van der Waals surface area (Å²) in [6.07, 6.45) is 1.68. The Hall–Kier alpha value is -2.61. The van der Waals surface area contributed by atoms with Crippen molar-refractivity contribution in [1.82, 2.24) is 10.2 Å². The summed E-state index contributed by atoms with van der Waals surface area (Å²) in [5.74, 6) is 1.30. The van der Waals surface area contributed by atoms with Gasteiger partial charge in [-0.25, -0.2) is 8.42 Å². The van der Waals surface area contributed by atoms with Crippen molar-refractivity contribution in [2.75, 3.05) is 23.7 Å². The van der Waals surface area contributed by atoms with Gasteiger partial charge in [0.25, 0.3) is 10.0 Å². The quantitative estimate of drug-likeness (QED) is 0.754. The monoisotopic (exact) mass is 334 g/mol. The lowest BCUT2D eigenvalue weighted by molar-refractivity contribution is 0.411. The molecule has 0 radical (unpaired) electrons. The SMILES string of the molecule is C=CCNc1ccc(NS(=O)(=O)c2ccc(OC)c(C)c2)nn1. The van der Waals surface area contributed by atoms with E-state index in [1.807, 2.05) is 0 Å². The number of ether oxygens (including phenoxy) is 1. The highest BCUT2D eigenvalue weighted by atomic mass is 32.2. The van der Waals surface area contributed by atoms with E-state index < -0.39 is 10.0 Å². The van der Waals surface area contributed by atoms with Gasteiger partial charge >= 0.3 is 0 Å². The van der Waals surface area contributed by atoms with E-state index in [-0.39, 0.29) is 10.7 Å². The van der Waals surface area contributed by atoms with Crippen LogP contribution < -0.4 is 14.8 Å². The smallest absolute Gasteiger partial charge is 0.263 e. The third kappa shape index (κ3) is 4.19. The summed E-state index contributed by atoms with van der Waals surface area (Å²) in [6.45, 7) is 5.91. The maximum absolute atomic E-state index is 12.4. The number of aryl methyl sites for hydroxylation is 1. The lowest BCUT2D eigenvalue weighted by Crippen LogP contribution is -2.15. The van der Waals surface area contributed by atoms with E-state index in [4.69, 9.17) is 4.74 Å². The van der Waals surface area contributed by atoms with Gasteiger partial charge in [-0.05, 0) is 42.8 Å². The molecule has 0 bridgehead atoms. The minimum Gasteiger partial charge on any atom is -0.496 e. The maximum atomic E-state index is 12.4. The first kappa shape index (κ1) is 16.8. The Morgan fingerprint density at radius 2 is 1.91 bits per heavy atom. The van der Waals surface area contributed by atoms with Crippen molar-refractivity contribution in [2.24, 2.45) is 0 Å². The fraction of sp³-hybridized carbons (Fsp3) is 0.200. The summed E-state index contributed by atoms with van der Waals surface area (Å²) in [7, 11) is -2.20. The largest absolute Gasteiger partial charge is 0.496 e. The van der Waals surface area contributed by atoms with Gasteiger partial charge in [-0.1, -0.05) is 6.08 Å². The zero-order valence-corrected chi connectivity index (χ0v) is 13.7. The molecule has 0 fully saturated rings. The molecule has 122 valence electrons. The molecule has 8 heteroatoms. The molecule has 2 N–H and O–H groups in total. The summed E-state index contributed by atoms with van der Waals surface area (Å²) in [4.78, 5) is 0.131. The summed E-state index contributed by atoms with van der Waals surface area (Å²) in [5.41, 5.74) is 0.727. The van der Waals surface area contributed by atoms with Crippen LogP contribution in [-0.2, 0) is 10.0 Å². The molecular weight excluding hydrogens is 316 g/mol. The van der Waals surface area contributed by atoms with Gasteiger partial charge in [0.1, 0.15) is 11.6 Å². The van der Waals surface area contributed by atoms with Crippen molar-refractivity contribution in [1.29, 1.82) is 0 Å². The highest BCUT2D eigenvalue weighted by Gasteiger charge is 2.16. The predicted molar refractivity (Wildman–Crippen MR) is 89.3 cm³/mol. The van der Waals surface area contributed by atoms with Gasteiger partial charge in [-0.3, -0.25) is 4.72 Å². The Morgan fingerprint density at radius 1 is 1.22 bits per heavy atom. The van der Waals surface area contributed by atoms with Crippen LogP contribution in [-0.4, -0.2) is 32.3 Å². The van der Waals surface area contributed by atoms with Crippen LogP contribution >= 0.6 is 0 Å². The number of rotatable bonds is 7. The molecule has 0 saturated heterocycles. The van der Waals surface area contributed by atoms with Crippen LogP contribution in [0.2, 0.25) is 0 Å². The molecule has 0 atom stereocenters. The molecule has 0 aliphatic carbocycles. The zero-order chi connectivity index (χ0) is 16.9. The third-order valence-electron chi connectivity index (χ3n) is 3.01. The topological polar surface area (TPSA) is 93.2 Å². The second kappa shape index (κ2) is 7.10. The maximum Gasteiger partial charge on any atom is 0.263 e. The van der Waals surface area contributed by atoms with Gasteiger partial charge in [0, 0.05) is 6.54 Å². The first-order chi connectivity index (χ1) is 11.0. The van der Waals surface area contributed by atoms with E-state index in [9.17, 15) is 8.42 Å². The average molecular weight is 334 g/mol. The molecule has 1 aromatic carbocycles. The molecule has 0 aliphatic heterocycles. The number of nitrogens with one attached hydrogen (secondary N) is 2. The van der Waals surface area contributed by atoms with Crippen molar-refractivity contribution >= 4 is 21.7 Å². The van der Waals surface area contributed by atoms with E-state index in [0.29, 0.717) is 18.1 Å². The Kier molecular flexibility index (Phi) is 5.17. The summed E-state index contributed by atoms with van der Waals surface area (Å²) in [5, 5.41) is 10.7. The van der Waals surface area contributed by atoms with Crippen LogP contribution in [0.15, 0.2) is 47.9 Å². The normalized spacial score (nSPS) is 10.9. The van der Waals surface area contributed by atoms with Gasteiger partial charge in [0.2, 0.25) is 0 Å². The van der Waals surface area contributed by atoms with Gasteiger partial charge in [-0.15, -0.1) is 16.8 Å². The van der Waals surface area contributed by atoms with Gasteiger partial charge in [0.05, 0.1) is 12.0 Å². The number of hydrogen-bond acceptors (Lipinski definition) is 6. The summed E-state index contributed by atoms with van der Waals surface area (Å²) in [6, 6.07) is 7.79. The number of anilines is 2. The van der Waals surface area contributed by atoms with E-state index in [1.165, 1.54) is 25.3 Å². The summed E-state index contributed by atoms with van der Waals surface area (Å²) >= 11 is 0. The van der Waals surface area contributed by atoms with Crippen LogP contribution in [0, 0.1) is 6.92 Å². The third-order valence-corrected chi connectivity index (χ3v) is 4.36. The Labute approximate surface area is 135 Å². The number of methoxy groups -OCH3 is 1. The van der Waals surface area contributed by atoms with Crippen molar-refractivity contribution in [3.8, 4) is 5.75 Å². The van der Waals surface area contributed by atoms with Crippen LogP contribution in [0.3, 0.4) is 0 Å². The number of sulfonamides is 1. The number of benzene rings is 1. The second-order valence-corrected chi connectivity index (χ2v) is 6.39. The second-order valence-electron chi connectivity index (χ2n) is 4.71. The molecule has 1 aromatic heterocycles. The Bertz CT molecular complexity index is 789. The van der Waals surface area contributed by atoms with E-state index >= 15 is 0 Å². The van der Waals surface area contributed by atoms with Crippen LogP contribution in [0.25, 0.3) is 0 Å². The van der Waals surface area contributed by atoms with Crippen LogP contribution in [0.1, 0.15) is 5.56 Å². The van der Waals surface area contributed by atoms with Gasteiger partial charge in [0.15, 0.2) is 5.82 Å². The molecule has 0 spiro atoms.